The van der Waals surface area contributed by atoms with Crippen LogP contribution in [0.25, 0.3) is 0 Å². The second kappa shape index (κ2) is 2.96. The van der Waals surface area contributed by atoms with Crippen molar-refractivity contribution in [3.8, 4) is 0 Å². The van der Waals surface area contributed by atoms with Gasteiger partial charge in [-0.15, -0.1) is 0 Å². The molecule has 2 aliphatic rings. The van der Waals surface area contributed by atoms with Gasteiger partial charge in [-0.2, -0.15) is 0 Å². The molecule has 0 aromatic carbocycles. The fourth-order valence-electron chi connectivity index (χ4n) is 2.22. The van der Waals surface area contributed by atoms with Crippen LogP contribution >= 0.6 is 11.8 Å². The van der Waals surface area contributed by atoms with Gasteiger partial charge in [-0.05, 0) is 19.8 Å². The number of nitrogens with one attached hydrogen (secondary N) is 1. The van der Waals surface area contributed by atoms with Crippen LogP contribution in [-0.4, -0.2) is 16.7 Å². The summed E-state index contributed by atoms with van der Waals surface area (Å²) in [6.45, 7) is 2.06. The third kappa shape index (κ3) is 1.30. The Kier molecular flexibility index (Phi) is 2.12. The van der Waals surface area contributed by atoms with Gasteiger partial charge in [-0.1, -0.05) is 18.2 Å². The zero-order valence-corrected chi connectivity index (χ0v) is 7.69. The van der Waals surface area contributed by atoms with Crippen molar-refractivity contribution in [2.24, 2.45) is 0 Å². The minimum Gasteiger partial charge on any atom is -0.633 e. The molecule has 2 nitrogen and oxygen atoms in total. The van der Waals surface area contributed by atoms with E-state index in [1.807, 2.05) is 11.8 Å². The van der Waals surface area contributed by atoms with Crippen molar-refractivity contribution in [1.82, 2.24) is 0 Å². The van der Waals surface area contributed by atoms with Crippen LogP contribution in [0.2, 0.25) is 0 Å². The van der Waals surface area contributed by atoms with Gasteiger partial charge in [0.1, 0.15) is 11.4 Å². The van der Waals surface area contributed by atoms with Gasteiger partial charge in [-0.3, -0.25) is 0 Å². The first-order valence-corrected chi connectivity index (χ1v) is 5.42. The maximum Gasteiger partial charge on any atom is 0.132 e. The van der Waals surface area contributed by atoms with E-state index in [2.05, 4.69) is 6.92 Å². The van der Waals surface area contributed by atoms with Crippen molar-refractivity contribution in [3.05, 3.63) is 5.21 Å². The largest absolute Gasteiger partial charge is 0.633 e. The van der Waals surface area contributed by atoms with Crippen LogP contribution in [0, 0.1) is 5.21 Å². The van der Waals surface area contributed by atoms with Crippen molar-refractivity contribution in [1.29, 1.82) is 0 Å². The second-order valence-corrected chi connectivity index (χ2v) is 5.19. The lowest BCUT2D eigenvalue weighted by Gasteiger charge is -2.31. The SMILES string of the molecule is CC1SC2CCCCC2[NH+]1[O-]. The van der Waals surface area contributed by atoms with Crippen molar-refractivity contribution in [3.63, 3.8) is 0 Å². The summed E-state index contributed by atoms with van der Waals surface area (Å²) in [5.74, 6) is 0. The van der Waals surface area contributed by atoms with Gasteiger partial charge in [0.2, 0.25) is 0 Å². The fraction of sp³-hybridized carbons (Fsp3) is 1.00. The van der Waals surface area contributed by atoms with Crippen molar-refractivity contribution < 1.29 is 5.06 Å². The minimum absolute atomic E-state index is 0.295. The molecule has 0 radical (unpaired) electrons. The molecule has 4 unspecified atom stereocenters. The zero-order valence-electron chi connectivity index (χ0n) is 6.88. The summed E-state index contributed by atoms with van der Waals surface area (Å²) in [6, 6.07) is 0.434. The smallest absolute Gasteiger partial charge is 0.132 e. The molecule has 1 N–H and O–H groups in total. The van der Waals surface area contributed by atoms with Gasteiger partial charge in [0.25, 0.3) is 0 Å². The predicted octanol–water partition coefficient (Wildman–Crippen LogP) is 0.773. The molecule has 1 aliphatic carbocycles. The molecule has 1 saturated carbocycles. The van der Waals surface area contributed by atoms with Crippen LogP contribution in [0.3, 0.4) is 0 Å². The second-order valence-electron chi connectivity index (χ2n) is 3.61. The van der Waals surface area contributed by atoms with Gasteiger partial charge in [-0.25, -0.2) is 0 Å². The Morgan fingerprint density at radius 1 is 1.36 bits per heavy atom. The highest BCUT2D eigenvalue weighted by Crippen LogP contribution is 2.33. The summed E-state index contributed by atoms with van der Waals surface area (Å²) in [4.78, 5) is 0. The molecule has 0 aromatic rings. The first kappa shape index (κ1) is 7.90. The topological polar surface area (TPSA) is 27.5 Å². The summed E-state index contributed by atoms with van der Waals surface area (Å²) in [7, 11) is 0. The van der Waals surface area contributed by atoms with Gasteiger partial charge < -0.3 is 10.3 Å². The third-order valence-electron chi connectivity index (χ3n) is 2.85. The molecule has 1 saturated heterocycles. The maximum atomic E-state index is 11.5. The van der Waals surface area contributed by atoms with Gasteiger partial charge in [0.15, 0.2) is 0 Å². The van der Waals surface area contributed by atoms with E-state index in [4.69, 9.17) is 0 Å². The first-order valence-electron chi connectivity index (χ1n) is 4.48. The summed E-state index contributed by atoms with van der Waals surface area (Å²) >= 11 is 1.91. The lowest BCUT2D eigenvalue weighted by Crippen LogP contribution is -3.12. The van der Waals surface area contributed by atoms with E-state index in [0.717, 1.165) is 0 Å². The number of hydrogen-bond donors (Lipinski definition) is 1. The average Bonchev–Trinajstić information content (AvgIpc) is 2.30. The lowest BCUT2D eigenvalue weighted by atomic mass is 9.95. The molecular weight excluding hydrogens is 158 g/mol. The molecule has 4 atom stereocenters. The minimum atomic E-state index is 0.295. The van der Waals surface area contributed by atoms with E-state index in [0.29, 0.717) is 21.7 Å². The first-order chi connectivity index (χ1) is 5.29. The molecule has 0 spiro atoms. The third-order valence-corrected chi connectivity index (χ3v) is 4.40. The van der Waals surface area contributed by atoms with Crippen LogP contribution in [-0.2, 0) is 0 Å². The van der Waals surface area contributed by atoms with Crippen molar-refractivity contribution >= 4 is 11.8 Å². The van der Waals surface area contributed by atoms with Crippen LogP contribution in [0.15, 0.2) is 0 Å². The molecule has 64 valence electrons. The molecule has 1 heterocycles. The Balaban J connectivity index is 2.05. The predicted molar refractivity (Wildman–Crippen MR) is 47.4 cm³/mol. The average molecular weight is 173 g/mol. The number of thioether (sulfide) groups is 1. The Hall–Kier alpha value is 0.270. The molecular formula is C8H15NOS. The monoisotopic (exact) mass is 173 g/mol. The molecule has 11 heavy (non-hydrogen) atoms. The highest BCUT2D eigenvalue weighted by Gasteiger charge is 2.40. The summed E-state index contributed by atoms with van der Waals surface area (Å²) in [6.07, 6.45) is 5.07. The zero-order chi connectivity index (χ0) is 7.84. The van der Waals surface area contributed by atoms with E-state index in [1.54, 1.807) is 0 Å². The molecule has 0 amide bonds. The Morgan fingerprint density at radius 3 is 2.82 bits per heavy atom. The van der Waals surface area contributed by atoms with Gasteiger partial charge >= 0.3 is 0 Å². The van der Waals surface area contributed by atoms with Crippen molar-refractivity contribution in [2.75, 3.05) is 0 Å². The summed E-state index contributed by atoms with van der Waals surface area (Å²) in [5, 5.41) is 13.0. The highest BCUT2D eigenvalue weighted by atomic mass is 32.2. The van der Waals surface area contributed by atoms with Crippen LogP contribution < -0.4 is 5.06 Å². The van der Waals surface area contributed by atoms with E-state index >= 15 is 0 Å². The van der Waals surface area contributed by atoms with E-state index < -0.39 is 0 Å². The summed E-state index contributed by atoms with van der Waals surface area (Å²) < 4.78 is 0. The van der Waals surface area contributed by atoms with Gasteiger partial charge in [0, 0.05) is 6.42 Å². The molecule has 0 bridgehead atoms. The van der Waals surface area contributed by atoms with Crippen LogP contribution in [0.5, 0.6) is 0 Å². The van der Waals surface area contributed by atoms with Crippen molar-refractivity contribution in [2.45, 2.75) is 49.3 Å². The molecule has 2 rings (SSSR count). The van der Waals surface area contributed by atoms with Crippen LogP contribution in [0.1, 0.15) is 32.6 Å². The quantitative estimate of drug-likeness (QED) is 0.548. The van der Waals surface area contributed by atoms with E-state index in [9.17, 15) is 5.21 Å². The highest BCUT2D eigenvalue weighted by molar-refractivity contribution is 8.00. The van der Waals surface area contributed by atoms with E-state index in [1.165, 1.54) is 25.7 Å². The normalized spacial score (nSPS) is 50.7. The Labute approximate surface area is 71.9 Å². The standard InChI is InChI=1S/C8H15NOS/c1-6-9(10)7-4-2-3-5-8(7)11-6/h6-9H,2-5H2,1H3. The number of hydroxylamine groups is 2. The molecule has 0 aromatic heterocycles. The number of rotatable bonds is 0. The number of hydrogen-bond acceptors (Lipinski definition) is 2. The van der Waals surface area contributed by atoms with Crippen LogP contribution in [0.4, 0.5) is 0 Å². The lowest BCUT2D eigenvalue weighted by molar-refractivity contribution is -0.878. The van der Waals surface area contributed by atoms with Gasteiger partial charge in [0.05, 0.1) is 5.25 Å². The maximum absolute atomic E-state index is 11.5. The Bertz CT molecular complexity index is 153. The molecule has 2 fully saturated rings. The molecule has 3 heteroatoms. The molecule has 1 aliphatic heterocycles. The Morgan fingerprint density at radius 2 is 2.09 bits per heavy atom. The number of fused-ring (bicyclic) bond motifs is 1. The number of quaternary nitrogens is 1. The fourth-order valence-corrected chi connectivity index (χ4v) is 3.81. The van der Waals surface area contributed by atoms with E-state index in [-0.39, 0.29) is 0 Å². The summed E-state index contributed by atoms with van der Waals surface area (Å²) in [5.41, 5.74) is 0.